The molecule has 9 nitrogen and oxygen atoms in total. The molecule has 0 aliphatic heterocycles. The number of halogens is 1. The van der Waals surface area contributed by atoms with Crippen LogP contribution >= 0.6 is 0 Å². The van der Waals surface area contributed by atoms with E-state index in [2.05, 4.69) is 5.32 Å². The van der Waals surface area contributed by atoms with E-state index in [-0.39, 0.29) is 36.0 Å². The Morgan fingerprint density at radius 3 is 2.48 bits per heavy atom. The number of carbonyl (C=O) groups excluding carboxylic acids is 2. The maximum absolute atomic E-state index is 12.9. The first-order valence-electron chi connectivity index (χ1n) is 9.62. The van der Waals surface area contributed by atoms with Gasteiger partial charge in [0, 0.05) is 17.8 Å². The number of nitro groups is 1. The topological polar surface area (TPSA) is 117 Å². The Morgan fingerprint density at radius 1 is 1.03 bits per heavy atom. The molecule has 0 saturated heterocycles. The number of ether oxygens (including phenoxy) is 3. The molecule has 0 aromatic heterocycles. The largest absolute Gasteiger partial charge is 0.493 e. The Hall–Kier alpha value is -4.47. The second-order valence-electron chi connectivity index (χ2n) is 6.71. The highest BCUT2D eigenvalue weighted by Crippen LogP contribution is 2.28. The number of nitro benzene ring substituents is 1. The van der Waals surface area contributed by atoms with Crippen LogP contribution in [0, 0.1) is 15.9 Å². The van der Waals surface area contributed by atoms with Crippen molar-refractivity contribution in [2.45, 2.75) is 6.61 Å². The number of nitrogens with zero attached hydrogens (tertiary/aromatic N) is 1. The van der Waals surface area contributed by atoms with Crippen LogP contribution in [0.4, 0.5) is 15.8 Å². The fraction of sp³-hybridized carbons (Fsp3) is 0.130. The van der Waals surface area contributed by atoms with Gasteiger partial charge in [-0.2, -0.15) is 0 Å². The number of carbonyl (C=O) groups is 2. The number of hydrogen-bond acceptors (Lipinski definition) is 7. The number of nitrogens with one attached hydrogen (secondary N) is 1. The number of rotatable bonds is 9. The molecule has 1 amide bonds. The summed E-state index contributed by atoms with van der Waals surface area (Å²) in [7, 11) is 1.37. The van der Waals surface area contributed by atoms with Crippen molar-refractivity contribution in [2.24, 2.45) is 0 Å². The second-order valence-corrected chi connectivity index (χ2v) is 6.71. The smallest absolute Gasteiger partial charge is 0.338 e. The second kappa shape index (κ2) is 10.7. The third-order valence-corrected chi connectivity index (χ3v) is 4.38. The zero-order valence-electron chi connectivity index (χ0n) is 17.4. The molecule has 0 aliphatic rings. The number of amides is 1. The van der Waals surface area contributed by atoms with Gasteiger partial charge in [-0.15, -0.1) is 0 Å². The summed E-state index contributed by atoms with van der Waals surface area (Å²) in [6, 6.07) is 15.3. The summed E-state index contributed by atoms with van der Waals surface area (Å²) in [5.74, 6) is -1.13. The summed E-state index contributed by atoms with van der Waals surface area (Å²) in [6.45, 7) is -0.491. The van der Waals surface area contributed by atoms with Crippen LogP contribution in [-0.2, 0) is 16.1 Å². The lowest BCUT2D eigenvalue weighted by Crippen LogP contribution is -2.20. The minimum atomic E-state index is -0.666. The van der Waals surface area contributed by atoms with Crippen LogP contribution in [0.25, 0.3) is 0 Å². The van der Waals surface area contributed by atoms with Crippen LogP contribution in [0.2, 0.25) is 0 Å². The van der Waals surface area contributed by atoms with E-state index in [0.717, 1.165) is 0 Å². The van der Waals surface area contributed by atoms with Gasteiger partial charge in [0.15, 0.2) is 18.1 Å². The van der Waals surface area contributed by atoms with E-state index in [9.17, 15) is 24.1 Å². The molecule has 3 aromatic rings. The van der Waals surface area contributed by atoms with Gasteiger partial charge in [0.2, 0.25) is 0 Å². The summed E-state index contributed by atoms with van der Waals surface area (Å²) >= 11 is 0. The quantitative estimate of drug-likeness (QED) is 0.294. The average Bonchev–Trinajstić information content (AvgIpc) is 2.82. The highest BCUT2D eigenvalue weighted by molar-refractivity contribution is 5.92. The average molecular weight is 454 g/mol. The van der Waals surface area contributed by atoms with Gasteiger partial charge in [-0.1, -0.05) is 12.1 Å². The maximum Gasteiger partial charge on any atom is 0.338 e. The van der Waals surface area contributed by atoms with Crippen molar-refractivity contribution in [2.75, 3.05) is 19.0 Å². The van der Waals surface area contributed by atoms with E-state index in [1.807, 2.05) is 0 Å². The fourth-order valence-corrected chi connectivity index (χ4v) is 2.78. The minimum Gasteiger partial charge on any atom is -0.493 e. The van der Waals surface area contributed by atoms with Crippen LogP contribution in [0.15, 0.2) is 66.7 Å². The standard InChI is InChI=1S/C23H19FN2O7/c1-31-21-12-16(23(28)33-13-15-3-2-4-19(11-15)26(29)30)5-10-20(21)32-14-22(27)25-18-8-6-17(24)7-9-18/h2-12H,13-14H2,1H3,(H,25,27). The molecule has 3 rings (SSSR count). The normalized spacial score (nSPS) is 10.2. The first-order valence-corrected chi connectivity index (χ1v) is 9.62. The lowest BCUT2D eigenvalue weighted by Gasteiger charge is -2.12. The first-order chi connectivity index (χ1) is 15.9. The van der Waals surface area contributed by atoms with E-state index in [1.54, 1.807) is 6.07 Å². The van der Waals surface area contributed by atoms with Crippen molar-refractivity contribution in [3.63, 3.8) is 0 Å². The number of methoxy groups -OCH3 is 1. The Labute approximate surface area is 187 Å². The van der Waals surface area contributed by atoms with Gasteiger partial charge in [-0.3, -0.25) is 14.9 Å². The van der Waals surface area contributed by atoms with Crippen molar-refractivity contribution in [1.82, 2.24) is 0 Å². The molecule has 170 valence electrons. The highest BCUT2D eigenvalue weighted by Gasteiger charge is 2.15. The summed E-state index contributed by atoms with van der Waals surface area (Å²) in [4.78, 5) is 34.7. The van der Waals surface area contributed by atoms with E-state index in [0.29, 0.717) is 11.3 Å². The van der Waals surface area contributed by atoms with Crippen molar-refractivity contribution in [3.8, 4) is 11.5 Å². The molecule has 0 aliphatic carbocycles. The van der Waals surface area contributed by atoms with Gasteiger partial charge < -0.3 is 19.5 Å². The molecule has 1 N–H and O–H groups in total. The van der Waals surface area contributed by atoms with Crippen molar-refractivity contribution in [1.29, 1.82) is 0 Å². The van der Waals surface area contributed by atoms with Gasteiger partial charge >= 0.3 is 5.97 Å². The summed E-state index contributed by atoms with van der Waals surface area (Å²) in [6.07, 6.45) is 0. The minimum absolute atomic E-state index is 0.102. The summed E-state index contributed by atoms with van der Waals surface area (Å²) in [5, 5.41) is 13.4. The molecule has 0 spiro atoms. The molecule has 33 heavy (non-hydrogen) atoms. The molecule has 0 atom stereocenters. The first kappa shape index (κ1) is 23.2. The van der Waals surface area contributed by atoms with Gasteiger partial charge in [0.1, 0.15) is 12.4 Å². The van der Waals surface area contributed by atoms with Crippen molar-refractivity contribution >= 4 is 23.3 Å². The third kappa shape index (κ3) is 6.50. The molecule has 10 heteroatoms. The molecule has 0 heterocycles. The monoisotopic (exact) mass is 454 g/mol. The predicted molar refractivity (Wildman–Crippen MR) is 116 cm³/mol. The molecule has 0 bridgehead atoms. The number of hydrogen-bond donors (Lipinski definition) is 1. The number of benzene rings is 3. The Bertz CT molecular complexity index is 1170. The Kier molecular flexibility index (Phi) is 7.53. The number of non-ortho nitro benzene ring substituents is 1. The maximum atomic E-state index is 12.9. The van der Waals surface area contributed by atoms with E-state index < -0.39 is 22.6 Å². The molecule has 0 fully saturated rings. The van der Waals surface area contributed by atoms with Crippen LogP contribution in [-0.4, -0.2) is 30.5 Å². The highest BCUT2D eigenvalue weighted by atomic mass is 19.1. The lowest BCUT2D eigenvalue weighted by molar-refractivity contribution is -0.384. The van der Waals surface area contributed by atoms with Crippen LogP contribution < -0.4 is 14.8 Å². The lowest BCUT2D eigenvalue weighted by atomic mass is 10.2. The van der Waals surface area contributed by atoms with Gasteiger partial charge in [0.25, 0.3) is 11.6 Å². The zero-order chi connectivity index (χ0) is 23.8. The Morgan fingerprint density at radius 2 is 1.79 bits per heavy atom. The third-order valence-electron chi connectivity index (χ3n) is 4.38. The number of esters is 1. The SMILES string of the molecule is COc1cc(C(=O)OCc2cccc([N+](=O)[O-])c2)ccc1OCC(=O)Nc1ccc(F)cc1. The fourth-order valence-electron chi connectivity index (χ4n) is 2.78. The number of anilines is 1. The van der Waals surface area contributed by atoms with E-state index >= 15 is 0 Å². The van der Waals surface area contributed by atoms with Crippen molar-refractivity contribution < 1.29 is 33.1 Å². The van der Waals surface area contributed by atoms with Gasteiger partial charge in [-0.25, -0.2) is 9.18 Å². The van der Waals surface area contributed by atoms with Gasteiger partial charge in [0.05, 0.1) is 17.6 Å². The van der Waals surface area contributed by atoms with E-state index in [4.69, 9.17) is 14.2 Å². The molecular formula is C23H19FN2O7. The molecule has 0 saturated carbocycles. The zero-order valence-corrected chi connectivity index (χ0v) is 17.4. The molecule has 0 radical (unpaired) electrons. The molecule has 0 unspecified atom stereocenters. The molecule has 3 aromatic carbocycles. The van der Waals surface area contributed by atoms with Crippen LogP contribution in [0.1, 0.15) is 15.9 Å². The van der Waals surface area contributed by atoms with Crippen LogP contribution in [0.5, 0.6) is 11.5 Å². The van der Waals surface area contributed by atoms with E-state index in [1.165, 1.54) is 67.8 Å². The van der Waals surface area contributed by atoms with Crippen LogP contribution in [0.3, 0.4) is 0 Å². The predicted octanol–water partition coefficient (Wildman–Crippen LogP) is 4.12. The summed E-state index contributed by atoms with van der Waals surface area (Å²) in [5.41, 5.74) is 0.950. The molecular weight excluding hydrogens is 435 g/mol. The van der Waals surface area contributed by atoms with Crippen molar-refractivity contribution in [3.05, 3.63) is 93.8 Å². The van der Waals surface area contributed by atoms with Gasteiger partial charge in [-0.05, 0) is 48.0 Å². The Balaban J connectivity index is 1.58. The summed E-state index contributed by atoms with van der Waals surface area (Å²) < 4.78 is 28.8.